The summed E-state index contributed by atoms with van der Waals surface area (Å²) in [5.74, 6) is 2.28. The molecule has 19 heavy (non-hydrogen) atoms. The molecule has 0 saturated heterocycles. The SMILES string of the molecule is CCOC(=O)C1(NCC2CC2)CCC(C(C)C)CC1. The summed E-state index contributed by atoms with van der Waals surface area (Å²) in [5.41, 5.74) is -0.385. The number of carbonyl (C=O) groups excluding carboxylic acids is 1. The molecule has 0 amide bonds. The quantitative estimate of drug-likeness (QED) is 0.751. The van der Waals surface area contributed by atoms with Crippen LogP contribution < -0.4 is 5.32 Å². The van der Waals surface area contributed by atoms with E-state index in [9.17, 15) is 4.79 Å². The predicted octanol–water partition coefficient (Wildman–Crippen LogP) is 3.13. The van der Waals surface area contributed by atoms with E-state index in [1.807, 2.05) is 6.92 Å². The monoisotopic (exact) mass is 267 g/mol. The average molecular weight is 267 g/mol. The maximum atomic E-state index is 12.3. The standard InChI is InChI=1S/C16H29NO2/c1-4-19-15(18)16(17-11-13-5-6-13)9-7-14(8-10-16)12(2)3/h12-14,17H,4-11H2,1-3H3. The third kappa shape index (κ3) is 3.71. The highest BCUT2D eigenvalue weighted by molar-refractivity contribution is 5.81. The lowest BCUT2D eigenvalue weighted by Crippen LogP contribution is -2.55. The van der Waals surface area contributed by atoms with Crippen LogP contribution in [0.1, 0.15) is 59.3 Å². The minimum atomic E-state index is -0.385. The van der Waals surface area contributed by atoms with Crippen molar-refractivity contribution in [3.05, 3.63) is 0 Å². The molecule has 2 fully saturated rings. The second kappa shape index (κ2) is 6.25. The summed E-state index contributed by atoms with van der Waals surface area (Å²) in [4.78, 5) is 12.3. The Balaban J connectivity index is 1.96. The van der Waals surface area contributed by atoms with Gasteiger partial charge in [-0.1, -0.05) is 13.8 Å². The van der Waals surface area contributed by atoms with Gasteiger partial charge in [-0.2, -0.15) is 0 Å². The summed E-state index contributed by atoms with van der Waals surface area (Å²) in [6.07, 6.45) is 6.83. The smallest absolute Gasteiger partial charge is 0.326 e. The Labute approximate surface area is 117 Å². The molecule has 0 aromatic heterocycles. The average Bonchev–Trinajstić information content (AvgIpc) is 3.21. The van der Waals surface area contributed by atoms with E-state index in [1.54, 1.807) is 0 Å². The molecule has 3 nitrogen and oxygen atoms in total. The zero-order chi connectivity index (χ0) is 13.9. The van der Waals surface area contributed by atoms with E-state index in [0.29, 0.717) is 6.61 Å². The van der Waals surface area contributed by atoms with E-state index in [0.717, 1.165) is 50.0 Å². The summed E-state index contributed by atoms with van der Waals surface area (Å²) in [6.45, 7) is 7.95. The summed E-state index contributed by atoms with van der Waals surface area (Å²) in [7, 11) is 0. The van der Waals surface area contributed by atoms with Gasteiger partial charge in [0.15, 0.2) is 0 Å². The topological polar surface area (TPSA) is 38.3 Å². The van der Waals surface area contributed by atoms with Crippen molar-refractivity contribution < 1.29 is 9.53 Å². The first-order chi connectivity index (χ1) is 9.07. The maximum absolute atomic E-state index is 12.3. The lowest BCUT2D eigenvalue weighted by atomic mass is 9.72. The molecule has 1 N–H and O–H groups in total. The molecule has 2 saturated carbocycles. The Morgan fingerprint density at radius 1 is 1.26 bits per heavy atom. The van der Waals surface area contributed by atoms with Gasteiger partial charge in [0.25, 0.3) is 0 Å². The Bertz CT molecular complexity index is 302. The lowest BCUT2D eigenvalue weighted by molar-refractivity contribution is -0.153. The fraction of sp³-hybridized carbons (Fsp3) is 0.938. The van der Waals surface area contributed by atoms with Crippen LogP contribution in [-0.4, -0.2) is 24.7 Å². The number of hydrogen-bond donors (Lipinski definition) is 1. The van der Waals surface area contributed by atoms with Crippen LogP contribution in [0, 0.1) is 17.8 Å². The van der Waals surface area contributed by atoms with Gasteiger partial charge >= 0.3 is 5.97 Å². The minimum absolute atomic E-state index is 0.0159. The molecule has 2 aliphatic rings. The van der Waals surface area contributed by atoms with E-state index in [2.05, 4.69) is 19.2 Å². The highest BCUT2D eigenvalue weighted by Gasteiger charge is 2.44. The van der Waals surface area contributed by atoms with Crippen molar-refractivity contribution in [2.45, 2.75) is 64.8 Å². The number of hydrogen-bond acceptors (Lipinski definition) is 3. The second-order valence-electron chi connectivity index (χ2n) is 6.71. The Hall–Kier alpha value is -0.570. The third-order valence-electron chi connectivity index (χ3n) is 4.92. The highest BCUT2D eigenvalue weighted by atomic mass is 16.5. The molecular weight excluding hydrogens is 238 g/mol. The van der Waals surface area contributed by atoms with Gasteiger partial charge in [-0.15, -0.1) is 0 Å². The molecule has 0 radical (unpaired) electrons. The Morgan fingerprint density at radius 2 is 1.89 bits per heavy atom. The summed E-state index contributed by atoms with van der Waals surface area (Å²) >= 11 is 0. The first kappa shape index (κ1) is 14.8. The number of esters is 1. The van der Waals surface area contributed by atoms with Crippen LogP contribution >= 0.6 is 0 Å². The van der Waals surface area contributed by atoms with Crippen LogP contribution in [0.2, 0.25) is 0 Å². The van der Waals surface area contributed by atoms with Crippen molar-refractivity contribution in [3.63, 3.8) is 0 Å². The van der Waals surface area contributed by atoms with E-state index >= 15 is 0 Å². The minimum Gasteiger partial charge on any atom is -0.465 e. The van der Waals surface area contributed by atoms with Crippen LogP contribution in [0.5, 0.6) is 0 Å². The zero-order valence-electron chi connectivity index (χ0n) is 12.7. The van der Waals surface area contributed by atoms with Gasteiger partial charge in [-0.3, -0.25) is 4.79 Å². The van der Waals surface area contributed by atoms with Gasteiger partial charge in [-0.25, -0.2) is 0 Å². The van der Waals surface area contributed by atoms with Gasteiger partial charge in [0.2, 0.25) is 0 Å². The molecule has 2 rings (SSSR count). The van der Waals surface area contributed by atoms with Gasteiger partial charge < -0.3 is 10.1 Å². The number of ether oxygens (including phenoxy) is 1. The molecule has 0 unspecified atom stereocenters. The Morgan fingerprint density at radius 3 is 2.37 bits per heavy atom. The van der Waals surface area contributed by atoms with E-state index in [1.165, 1.54) is 12.8 Å². The molecule has 0 spiro atoms. The van der Waals surface area contributed by atoms with Gasteiger partial charge in [0, 0.05) is 0 Å². The summed E-state index contributed by atoms with van der Waals surface area (Å²) < 4.78 is 5.33. The van der Waals surface area contributed by atoms with Gasteiger partial charge in [0.1, 0.15) is 5.54 Å². The van der Waals surface area contributed by atoms with Crippen LogP contribution in [-0.2, 0) is 9.53 Å². The largest absolute Gasteiger partial charge is 0.465 e. The van der Waals surface area contributed by atoms with E-state index < -0.39 is 0 Å². The first-order valence-electron chi connectivity index (χ1n) is 7.99. The van der Waals surface area contributed by atoms with Gasteiger partial charge in [-0.05, 0) is 69.7 Å². The zero-order valence-corrected chi connectivity index (χ0v) is 12.7. The first-order valence-corrected chi connectivity index (χ1v) is 7.99. The van der Waals surface area contributed by atoms with Crippen LogP contribution in [0.4, 0.5) is 0 Å². The molecule has 0 bridgehead atoms. The highest BCUT2D eigenvalue weighted by Crippen LogP contribution is 2.38. The molecule has 3 heteroatoms. The van der Waals surface area contributed by atoms with Crippen LogP contribution in [0.15, 0.2) is 0 Å². The molecule has 2 aliphatic carbocycles. The molecule has 0 aromatic carbocycles. The van der Waals surface area contributed by atoms with Crippen LogP contribution in [0.25, 0.3) is 0 Å². The molecular formula is C16H29NO2. The summed E-state index contributed by atoms with van der Waals surface area (Å²) in [6, 6.07) is 0. The molecule has 0 atom stereocenters. The van der Waals surface area contributed by atoms with E-state index in [4.69, 9.17) is 4.74 Å². The van der Waals surface area contributed by atoms with Gasteiger partial charge in [0.05, 0.1) is 6.61 Å². The third-order valence-corrected chi connectivity index (χ3v) is 4.92. The van der Waals surface area contributed by atoms with E-state index in [-0.39, 0.29) is 11.5 Å². The fourth-order valence-electron chi connectivity index (χ4n) is 3.18. The molecule has 0 heterocycles. The number of carbonyl (C=O) groups is 1. The van der Waals surface area contributed by atoms with Crippen LogP contribution in [0.3, 0.4) is 0 Å². The number of nitrogens with one attached hydrogen (secondary N) is 1. The maximum Gasteiger partial charge on any atom is 0.326 e. The second-order valence-corrected chi connectivity index (χ2v) is 6.71. The van der Waals surface area contributed by atoms with Crippen molar-refractivity contribution in [2.24, 2.45) is 17.8 Å². The molecule has 0 aromatic rings. The lowest BCUT2D eigenvalue weighted by Gasteiger charge is -2.40. The van der Waals surface area contributed by atoms with Crippen molar-refractivity contribution >= 4 is 5.97 Å². The fourth-order valence-corrected chi connectivity index (χ4v) is 3.18. The van der Waals surface area contributed by atoms with Crippen molar-refractivity contribution in [2.75, 3.05) is 13.2 Å². The normalized spacial score (nSPS) is 31.5. The van der Waals surface area contributed by atoms with Crippen molar-refractivity contribution in [1.82, 2.24) is 5.32 Å². The van der Waals surface area contributed by atoms with Crippen molar-refractivity contribution in [1.29, 1.82) is 0 Å². The summed E-state index contributed by atoms with van der Waals surface area (Å²) in [5, 5.41) is 3.57. The Kier molecular flexibility index (Phi) is 4.88. The van der Waals surface area contributed by atoms with Crippen molar-refractivity contribution in [3.8, 4) is 0 Å². The molecule has 0 aliphatic heterocycles. The predicted molar refractivity (Wildman–Crippen MR) is 76.9 cm³/mol. The molecule has 110 valence electrons. The number of rotatable bonds is 6.